The van der Waals surface area contributed by atoms with E-state index in [1.54, 1.807) is 14.2 Å². The zero-order chi connectivity index (χ0) is 23.5. The molecule has 2 aromatic carbocycles. The zero-order valence-corrected chi connectivity index (χ0v) is 19.7. The topological polar surface area (TPSA) is 62.3 Å². The Labute approximate surface area is 195 Å². The second-order valence-electron chi connectivity index (χ2n) is 8.77. The van der Waals surface area contributed by atoms with Crippen molar-refractivity contribution in [3.63, 3.8) is 0 Å². The van der Waals surface area contributed by atoms with E-state index in [1.165, 1.54) is 4.90 Å². The molecule has 0 bridgehead atoms. The zero-order valence-electron chi connectivity index (χ0n) is 19.7. The van der Waals surface area contributed by atoms with Crippen molar-refractivity contribution in [3.05, 3.63) is 59.8 Å². The summed E-state index contributed by atoms with van der Waals surface area (Å²) in [5.74, 6) is 1.50. The summed E-state index contributed by atoms with van der Waals surface area (Å²) in [6, 6.07) is 15.4. The van der Waals surface area contributed by atoms with E-state index >= 15 is 0 Å². The summed E-state index contributed by atoms with van der Waals surface area (Å²) in [6.07, 6.45) is 0. The van der Waals surface area contributed by atoms with Gasteiger partial charge in [0.1, 0.15) is 17.2 Å². The maximum atomic E-state index is 13.0. The van der Waals surface area contributed by atoms with Gasteiger partial charge in [0.05, 0.1) is 25.0 Å². The van der Waals surface area contributed by atoms with E-state index in [9.17, 15) is 9.59 Å². The van der Waals surface area contributed by atoms with Crippen molar-refractivity contribution in [1.82, 2.24) is 9.80 Å². The van der Waals surface area contributed by atoms with Gasteiger partial charge in [0.2, 0.25) is 0 Å². The van der Waals surface area contributed by atoms with Gasteiger partial charge in [-0.2, -0.15) is 0 Å². The van der Waals surface area contributed by atoms with Crippen LogP contribution in [-0.2, 0) is 9.59 Å². The Balaban J connectivity index is 1.57. The minimum atomic E-state index is -0.266. The number of methoxy groups -OCH3 is 1. The van der Waals surface area contributed by atoms with Gasteiger partial charge in [-0.1, -0.05) is 38.1 Å². The highest BCUT2D eigenvalue weighted by Crippen LogP contribution is 2.34. The lowest BCUT2D eigenvalue weighted by Gasteiger charge is -2.38. The molecule has 1 fully saturated rings. The molecule has 2 amide bonds. The lowest BCUT2D eigenvalue weighted by Crippen LogP contribution is -2.47. The van der Waals surface area contributed by atoms with Crippen LogP contribution in [0.2, 0.25) is 0 Å². The maximum absolute atomic E-state index is 13.0. The predicted molar refractivity (Wildman–Crippen MR) is 128 cm³/mol. The smallest absolute Gasteiger partial charge is 0.277 e. The van der Waals surface area contributed by atoms with Crippen molar-refractivity contribution < 1.29 is 19.1 Å². The van der Waals surface area contributed by atoms with Crippen molar-refractivity contribution in [1.29, 1.82) is 0 Å². The van der Waals surface area contributed by atoms with Gasteiger partial charge in [-0.05, 0) is 35.7 Å². The van der Waals surface area contributed by atoms with Gasteiger partial charge >= 0.3 is 0 Å². The van der Waals surface area contributed by atoms with Crippen LogP contribution in [0, 0.1) is 5.92 Å². The SMILES string of the molecule is COc1ccccc1N1CCN(C2=C(c3ccc(OCC(C)C)cc3)C(=O)N(C)C2=O)CC1. The van der Waals surface area contributed by atoms with E-state index in [1.807, 2.05) is 53.4 Å². The van der Waals surface area contributed by atoms with Crippen LogP contribution in [0.25, 0.3) is 5.57 Å². The van der Waals surface area contributed by atoms with Crippen molar-refractivity contribution in [2.75, 3.05) is 51.8 Å². The summed E-state index contributed by atoms with van der Waals surface area (Å²) in [5.41, 5.74) is 2.72. The predicted octanol–water partition coefficient (Wildman–Crippen LogP) is 3.26. The van der Waals surface area contributed by atoms with E-state index < -0.39 is 0 Å². The number of amides is 2. The molecule has 7 heteroatoms. The number of hydrogen-bond donors (Lipinski definition) is 0. The number of carbonyl (C=O) groups is 2. The van der Waals surface area contributed by atoms with Gasteiger partial charge in [0.15, 0.2) is 0 Å². The van der Waals surface area contributed by atoms with Crippen LogP contribution in [-0.4, -0.2) is 68.6 Å². The van der Waals surface area contributed by atoms with Crippen molar-refractivity contribution in [2.45, 2.75) is 13.8 Å². The highest BCUT2D eigenvalue weighted by Gasteiger charge is 2.40. The number of benzene rings is 2. The molecule has 1 saturated heterocycles. The molecule has 2 aliphatic heterocycles. The Morgan fingerprint density at radius 3 is 2.15 bits per heavy atom. The lowest BCUT2D eigenvalue weighted by atomic mass is 10.0. The Morgan fingerprint density at radius 1 is 0.879 bits per heavy atom. The number of likely N-dealkylation sites (N-methyl/N-ethyl adjacent to an activating group) is 1. The monoisotopic (exact) mass is 449 g/mol. The van der Waals surface area contributed by atoms with E-state index in [4.69, 9.17) is 9.47 Å². The number of rotatable bonds is 7. The van der Waals surface area contributed by atoms with Crippen molar-refractivity contribution >= 4 is 23.1 Å². The number of carbonyl (C=O) groups excluding carboxylic acids is 2. The van der Waals surface area contributed by atoms with Crippen LogP contribution in [0.4, 0.5) is 5.69 Å². The first-order valence-electron chi connectivity index (χ1n) is 11.3. The molecule has 0 spiro atoms. The first kappa shape index (κ1) is 22.7. The van der Waals surface area contributed by atoms with Crippen LogP contribution in [0.1, 0.15) is 19.4 Å². The molecule has 0 aliphatic carbocycles. The van der Waals surface area contributed by atoms with Gasteiger partial charge in [-0.25, -0.2) is 0 Å². The quantitative estimate of drug-likeness (QED) is 0.605. The molecule has 2 heterocycles. The summed E-state index contributed by atoms with van der Waals surface area (Å²) < 4.78 is 11.3. The third-order valence-electron chi connectivity index (χ3n) is 6.01. The number of para-hydroxylation sites is 2. The summed E-state index contributed by atoms with van der Waals surface area (Å²) in [6.45, 7) is 7.55. The molecule has 0 radical (unpaired) electrons. The van der Waals surface area contributed by atoms with Gasteiger partial charge in [0.25, 0.3) is 11.8 Å². The number of nitrogens with zero attached hydrogens (tertiary/aromatic N) is 3. The van der Waals surface area contributed by atoms with Crippen LogP contribution in [0.15, 0.2) is 54.2 Å². The van der Waals surface area contributed by atoms with Gasteiger partial charge in [-0.3, -0.25) is 14.5 Å². The number of imide groups is 1. The molecule has 0 N–H and O–H groups in total. The minimum absolute atomic E-state index is 0.249. The molecule has 33 heavy (non-hydrogen) atoms. The standard InChI is InChI=1S/C26H31N3O4/c1-18(2)17-33-20-11-9-19(10-12-20)23-24(26(31)27(3)25(23)30)29-15-13-28(14-16-29)21-7-5-6-8-22(21)32-4/h5-12,18H,13-17H2,1-4H3. The Morgan fingerprint density at radius 2 is 1.52 bits per heavy atom. The fourth-order valence-electron chi connectivity index (χ4n) is 4.22. The first-order chi connectivity index (χ1) is 15.9. The number of anilines is 1. The number of piperazine rings is 1. The van der Waals surface area contributed by atoms with Crippen LogP contribution >= 0.6 is 0 Å². The molecule has 4 rings (SSSR count). The Bertz CT molecular complexity index is 1050. The highest BCUT2D eigenvalue weighted by molar-refractivity contribution is 6.35. The molecule has 174 valence electrons. The fraction of sp³-hybridized carbons (Fsp3) is 0.385. The van der Waals surface area contributed by atoms with Crippen molar-refractivity contribution in [3.8, 4) is 11.5 Å². The molecule has 0 aromatic heterocycles. The molecule has 2 aliphatic rings. The lowest BCUT2D eigenvalue weighted by molar-refractivity contribution is -0.135. The van der Waals surface area contributed by atoms with Gasteiger partial charge < -0.3 is 19.3 Å². The summed E-state index contributed by atoms with van der Waals surface area (Å²) in [4.78, 5) is 31.5. The molecule has 0 unspecified atom stereocenters. The third-order valence-corrected chi connectivity index (χ3v) is 6.01. The van der Waals surface area contributed by atoms with Gasteiger partial charge in [-0.15, -0.1) is 0 Å². The molecule has 7 nitrogen and oxygen atoms in total. The Kier molecular flexibility index (Phi) is 6.58. The second kappa shape index (κ2) is 9.57. The van der Waals surface area contributed by atoms with E-state index in [0.29, 0.717) is 36.9 Å². The molecule has 0 saturated carbocycles. The van der Waals surface area contributed by atoms with E-state index in [2.05, 4.69) is 18.7 Å². The minimum Gasteiger partial charge on any atom is -0.495 e. The van der Waals surface area contributed by atoms with Crippen LogP contribution < -0.4 is 14.4 Å². The highest BCUT2D eigenvalue weighted by atomic mass is 16.5. The molecule has 2 aromatic rings. The van der Waals surface area contributed by atoms with Crippen LogP contribution in [0.5, 0.6) is 11.5 Å². The summed E-state index contributed by atoms with van der Waals surface area (Å²) in [5, 5.41) is 0. The number of hydrogen-bond acceptors (Lipinski definition) is 6. The molecular weight excluding hydrogens is 418 g/mol. The van der Waals surface area contributed by atoms with Crippen molar-refractivity contribution in [2.24, 2.45) is 5.92 Å². The van der Waals surface area contributed by atoms with Gasteiger partial charge in [0, 0.05) is 33.2 Å². The summed E-state index contributed by atoms with van der Waals surface area (Å²) >= 11 is 0. The van der Waals surface area contributed by atoms with E-state index in [0.717, 1.165) is 35.8 Å². The Hall–Kier alpha value is -3.48. The fourth-order valence-corrected chi connectivity index (χ4v) is 4.22. The van der Waals surface area contributed by atoms with Crippen LogP contribution in [0.3, 0.4) is 0 Å². The number of ether oxygens (including phenoxy) is 2. The molecule has 0 atom stereocenters. The first-order valence-corrected chi connectivity index (χ1v) is 11.3. The largest absolute Gasteiger partial charge is 0.495 e. The maximum Gasteiger partial charge on any atom is 0.277 e. The summed E-state index contributed by atoms with van der Waals surface area (Å²) in [7, 11) is 3.22. The average molecular weight is 450 g/mol. The molecular formula is C26H31N3O4. The van der Waals surface area contributed by atoms with E-state index in [-0.39, 0.29) is 11.8 Å². The normalized spacial score (nSPS) is 16.8. The average Bonchev–Trinajstić information content (AvgIpc) is 3.07. The second-order valence-corrected chi connectivity index (χ2v) is 8.77. The third kappa shape index (κ3) is 4.53.